The highest BCUT2D eigenvalue weighted by Crippen LogP contribution is 2.28. The third-order valence-corrected chi connectivity index (χ3v) is 2.15. The lowest BCUT2D eigenvalue weighted by Crippen LogP contribution is -2.19. The summed E-state index contributed by atoms with van der Waals surface area (Å²) in [5.74, 6) is 0.818. The Bertz CT molecular complexity index is 93.1. The van der Waals surface area contributed by atoms with Gasteiger partial charge in [-0.15, -0.1) is 0 Å². The minimum absolute atomic E-state index is 0.605. The van der Waals surface area contributed by atoms with Crippen molar-refractivity contribution in [2.24, 2.45) is 5.92 Å². The Morgan fingerprint density at radius 3 is 2.33 bits per heavy atom. The van der Waals surface area contributed by atoms with Crippen molar-refractivity contribution in [3.05, 3.63) is 0 Å². The topological polar surface area (TPSA) is 21.8 Å². The van der Waals surface area contributed by atoms with Crippen LogP contribution in [0.1, 0.15) is 12.8 Å². The van der Waals surface area contributed by atoms with E-state index < -0.39 is 0 Å². The molecule has 0 aliphatic carbocycles. The van der Waals surface area contributed by atoms with Crippen LogP contribution in [0.5, 0.6) is 0 Å². The van der Waals surface area contributed by atoms with Gasteiger partial charge in [-0.25, -0.2) is 0 Å². The standard InChI is InChI=1S/C7H12O2/c1-3-8-4-2-6(1)7-5-9-7/h6-7H,1-5H2/t7-/m0/s1. The first-order valence-corrected chi connectivity index (χ1v) is 3.66. The van der Waals surface area contributed by atoms with E-state index in [1.807, 2.05) is 0 Å². The van der Waals surface area contributed by atoms with Gasteiger partial charge in [-0.05, 0) is 18.8 Å². The SMILES string of the molecule is C1CC([C@@H]2CO2)CCO1. The van der Waals surface area contributed by atoms with Gasteiger partial charge >= 0.3 is 0 Å². The van der Waals surface area contributed by atoms with Crippen LogP contribution in [-0.4, -0.2) is 25.9 Å². The van der Waals surface area contributed by atoms with Crippen molar-refractivity contribution in [3.63, 3.8) is 0 Å². The van der Waals surface area contributed by atoms with Crippen molar-refractivity contribution in [2.45, 2.75) is 18.9 Å². The van der Waals surface area contributed by atoms with E-state index in [1.54, 1.807) is 0 Å². The van der Waals surface area contributed by atoms with E-state index in [2.05, 4.69) is 0 Å². The highest BCUT2D eigenvalue weighted by molar-refractivity contribution is 4.80. The molecule has 0 saturated carbocycles. The molecule has 0 spiro atoms. The van der Waals surface area contributed by atoms with Crippen LogP contribution in [0.3, 0.4) is 0 Å². The molecule has 2 fully saturated rings. The Labute approximate surface area is 55.1 Å². The minimum Gasteiger partial charge on any atom is -0.381 e. The van der Waals surface area contributed by atoms with Gasteiger partial charge in [-0.3, -0.25) is 0 Å². The fourth-order valence-corrected chi connectivity index (χ4v) is 1.42. The molecule has 0 unspecified atom stereocenters. The monoisotopic (exact) mass is 128 g/mol. The Hall–Kier alpha value is -0.0800. The molecule has 0 aromatic carbocycles. The van der Waals surface area contributed by atoms with E-state index >= 15 is 0 Å². The second kappa shape index (κ2) is 2.27. The van der Waals surface area contributed by atoms with Crippen molar-refractivity contribution < 1.29 is 9.47 Å². The van der Waals surface area contributed by atoms with Crippen LogP contribution < -0.4 is 0 Å². The van der Waals surface area contributed by atoms with Crippen molar-refractivity contribution in [3.8, 4) is 0 Å². The van der Waals surface area contributed by atoms with Crippen LogP contribution in [-0.2, 0) is 9.47 Å². The Balaban J connectivity index is 1.80. The van der Waals surface area contributed by atoms with E-state index in [0.29, 0.717) is 6.10 Å². The fraction of sp³-hybridized carbons (Fsp3) is 1.00. The second-order valence-corrected chi connectivity index (χ2v) is 2.82. The number of hydrogen-bond acceptors (Lipinski definition) is 2. The molecule has 9 heavy (non-hydrogen) atoms. The molecular formula is C7H12O2. The van der Waals surface area contributed by atoms with Crippen LogP contribution in [0.4, 0.5) is 0 Å². The molecule has 0 amide bonds. The molecule has 2 aliphatic rings. The van der Waals surface area contributed by atoms with Crippen LogP contribution >= 0.6 is 0 Å². The zero-order valence-corrected chi connectivity index (χ0v) is 5.51. The molecule has 1 atom stereocenters. The number of hydrogen-bond donors (Lipinski definition) is 0. The summed E-state index contributed by atoms with van der Waals surface area (Å²) in [6.07, 6.45) is 3.03. The summed E-state index contributed by atoms with van der Waals surface area (Å²) in [5.41, 5.74) is 0. The summed E-state index contributed by atoms with van der Waals surface area (Å²) >= 11 is 0. The average molecular weight is 128 g/mol. The molecule has 0 bridgehead atoms. The highest BCUT2D eigenvalue weighted by Gasteiger charge is 2.33. The summed E-state index contributed by atoms with van der Waals surface area (Å²) < 4.78 is 10.4. The van der Waals surface area contributed by atoms with Gasteiger partial charge in [-0.2, -0.15) is 0 Å². The summed E-state index contributed by atoms with van der Waals surface area (Å²) in [7, 11) is 0. The lowest BCUT2D eigenvalue weighted by Gasteiger charge is -2.19. The van der Waals surface area contributed by atoms with Gasteiger partial charge in [0, 0.05) is 13.2 Å². The molecule has 0 radical (unpaired) electrons. The van der Waals surface area contributed by atoms with Gasteiger partial charge in [0.1, 0.15) is 0 Å². The number of ether oxygens (including phenoxy) is 2. The fourth-order valence-electron chi connectivity index (χ4n) is 1.42. The first-order valence-electron chi connectivity index (χ1n) is 3.66. The van der Waals surface area contributed by atoms with Gasteiger partial charge in [0.15, 0.2) is 0 Å². The maximum atomic E-state index is 5.22. The zero-order valence-electron chi connectivity index (χ0n) is 5.51. The summed E-state index contributed by atoms with van der Waals surface area (Å²) in [4.78, 5) is 0. The molecule has 52 valence electrons. The largest absolute Gasteiger partial charge is 0.381 e. The Morgan fingerprint density at radius 2 is 1.78 bits per heavy atom. The van der Waals surface area contributed by atoms with Crippen molar-refractivity contribution in [1.29, 1.82) is 0 Å². The van der Waals surface area contributed by atoms with Crippen LogP contribution in [0.2, 0.25) is 0 Å². The normalized spacial score (nSPS) is 36.7. The summed E-state index contributed by atoms with van der Waals surface area (Å²) in [5, 5.41) is 0. The van der Waals surface area contributed by atoms with Crippen molar-refractivity contribution in [1.82, 2.24) is 0 Å². The quantitative estimate of drug-likeness (QED) is 0.487. The maximum Gasteiger partial charge on any atom is 0.0839 e. The molecule has 2 heterocycles. The third-order valence-electron chi connectivity index (χ3n) is 2.15. The molecule has 0 aromatic heterocycles. The minimum atomic E-state index is 0.605. The maximum absolute atomic E-state index is 5.22. The highest BCUT2D eigenvalue weighted by atomic mass is 16.6. The van der Waals surface area contributed by atoms with E-state index in [0.717, 1.165) is 25.7 Å². The van der Waals surface area contributed by atoms with E-state index in [-0.39, 0.29) is 0 Å². The van der Waals surface area contributed by atoms with E-state index in [9.17, 15) is 0 Å². The van der Waals surface area contributed by atoms with Crippen LogP contribution in [0.25, 0.3) is 0 Å². The van der Waals surface area contributed by atoms with Crippen LogP contribution in [0.15, 0.2) is 0 Å². The van der Waals surface area contributed by atoms with E-state index in [1.165, 1.54) is 12.8 Å². The molecule has 2 heteroatoms. The van der Waals surface area contributed by atoms with Crippen LogP contribution in [0, 0.1) is 5.92 Å². The zero-order chi connectivity index (χ0) is 6.10. The first kappa shape index (κ1) is 5.69. The second-order valence-electron chi connectivity index (χ2n) is 2.82. The van der Waals surface area contributed by atoms with Gasteiger partial charge in [-0.1, -0.05) is 0 Å². The predicted molar refractivity (Wildman–Crippen MR) is 33.3 cm³/mol. The van der Waals surface area contributed by atoms with Crippen molar-refractivity contribution >= 4 is 0 Å². The van der Waals surface area contributed by atoms with Crippen molar-refractivity contribution in [2.75, 3.05) is 19.8 Å². The first-order chi connectivity index (χ1) is 4.47. The van der Waals surface area contributed by atoms with Gasteiger partial charge < -0.3 is 9.47 Å². The lowest BCUT2D eigenvalue weighted by molar-refractivity contribution is 0.0572. The van der Waals surface area contributed by atoms with E-state index in [4.69, 9.17) is 9.47 Å². The number of epoxide rings is 1. The molecule has 2 nitrogen and oxygen atoms in total. The van der Waals surface area contributed by atoms with Gasteiger partial charge in [0.05, 0.1) is 12.7 Å². The molecular weight excluding hydrogens is 116 g/mol. The number of rotatable bonds is 1. The predicted octanol–water partition coefficient (Wildman–Crippen LogP) is 0.812. The molecule has 2 saturated heterocycles. The van der Waals surface area contributed by atoms with Gasteiger partial charge in [0.25, 0.3) is 0 Å². The lowest BCUT2D eigenvalue weighted by atomic mass is 9.97. The molecule has 2 aliphatic heterocycles. The average Bonchev–Trinajstić information content (AvgIpc) is 2.71. The Kier molecular flexibility index (Phi) is 1.44. The molecule has 0 aromatic rings. The third kappa shape index (κ3) is 1.25. The summed E-state index contributed by atoms with van der Waals surface area (Å²) in [6, 6.07) is 0. The molecule has 2 rings (SSSR count). The summed E-state index contributed by atoms with van der Waals surface area (Å²) in [6.45, 7) is 2.90. The Morgan fingerprint density at radius 1 is 1.11 bits per heavy atom. The molecule has 0 N–H and O–H groups in total. The van der Waals surface area contributed by atoms with Gasteiger partial charge in [0.2, 0.25) is 0 Å². The smallest absolute Gasteiger partial charge is 0.0839 e.